The number of nitrogens with zero attached hydrogens (tertiary/aromatic N) is 2. The van der Waals surface area contributed by atoms with Crippen LogP contribution in [0.2, 0.25) is 0 Å². The molecule has 0 aliphatic carbocycles. The van der Waals surface area contributed by atoms with Crippen LogP contribution in [0.3, 0.4) is 0 Å². The Morgan fingerprint density at radius 1 is 1.26 bits per heavy atom. The molecule has 0 radical (unpaired) electrons. The first-order chi connectivity index (χ1) is 10.8. The van der Waals surface area contributed by atoms with Crippen molar-refractivity contribution < 1.29 is 8.42 Å². The summed E-state index contributed by atoms with van der Waals surface area (Å²) in [5.41, 5.74) is 2.52. The third-order valence-corrected chi connectivity index (χ3v) is 7.86. The highest BCUT2D eigenvalue weighted by Crippen LogP contribution is 2.39. The minimum absolute atomic E-state index is 0.0169. The van der Waals surface area contributed by atoms with Crippen molar-refractivity contribution in [3.63, 3.8) is 0 Å². The molecule has 2 aromatic rings. The van der Waals surface area contributed by atoms with Crippen LogP contribution in [-0.2, 0) is 16.4 Å². The van der Waals surface area contributed by atoms with Crippen molar-refractivity contribution in [1.82, 2.24) is 4.98 Å². The normalized spacial score (nSPS) is 18.3. The summed E-state index contributed by atoms with van der Waals surface area (Å²) in [4.78, 5) is 4.31. The van der Waals surface area contributed by atoms with Crippen LogP contribution in [-0.4, -0.2) is 19.4 Å². The van der Waals surface area contributed by atoms with E-state index in [0.29, 0.717) is 9.90 Å². The number of thiazole rings is 1. The van der Waals surface area contributed by atoms with Crippen molar-refractivity contribution in [2.45, 2.75) is 50.8 Å². The number of hydrogen-bond acceptors (Lipinski definition) is 4. The first-order valence-electron chi connectivity index (χ1n) is 7.88. The fourth-order valence-electron chi connectivity index (χ4n) is 3.29. The Morgan fingerprint density at radius 3 is 2.57 bits per heavy atom. The van der Waals surface area contributed by atoms with E-state index >= 15 is 0 Å². The highest BCUT2D eigenvalue weighted by Gasteiger charge is 2.39. The monoisotopic (exact) mass is 350 g/mol. The summed E-state index contributed by atoms with van der Waals surface area (Å²) in [6.45, 7) is 7.80. The molecule has 0 saturated heterocycles. The van der Waals surface area contributed by atoms with Crippen molar-refractivity contribution in [3.05, 3.63) is 40.5 Å². The number of sulfonamides is 1. The molecule has 6 heteroatoms. The summed E-state index contributed by atoms with van der Waals surface area (Å²) in [7, 11) is -3.59. The van der Waals surface area contributed by atoms with Gasteiger partial charge in [0.05, 0.1) is 16.4 Å². The lowest BCUT2D eigenvalue weighted by atomic mass is 9.91. The highest BCUT2D eigenvalue weighted by molar-refractivity contribution is 7.94. The molecule has 0 N–H and O–H groups in total. The number of benzene rings is 1. The predicted molar refractivity (Wildman–Crippen MR) is 94.6 cm³/mol. The van der Waals surface area contributed by atoms with Crippen LogP contribution in [0.25, 0.3) is 0 Å². The number of aryl methyl sites for hydroxylation is 3. The summed E-state index contributed by atoms with van der Waals surface area (Å²) < 4.78 is 28.8. The Bertz CT molecular complexity index is 825. The molecule has 0 unspecified atom stereocenters. The zero-order valence-corrected chi connectivity index (χ0v) is 15.5. The maximum atomic E-state index is 13.4. The Hall–Kier alpha value is -1.40. The van der Waals surface area contributed by atoms with Gasteiger partial charge in [0.15, 0.2) is 4.21 Å². The minimum Gasteiger partial charge on any atom is -0.262 e. The molecule has 124 valence electrons. The Labute approximate surface area is 142 Å². The second kappa shape index (κ2) is 5.91. The number of hydrogen-bond donors (Lipinski definition) is 0. The van der Waals surface area contributed by atoms with Crippen LogP contribution in [0.5, 0.6) is 0 Å². The first-order valence-corrected chi connectivity index (χ1v) is 10.1. The summed E-state index contributed by atoms with van der Waals surface area (Å²) in [6.07, 6.45) is 1.77. The third kappa shape index (κ3) is 2.78. The first kappa shape index (κ1) is 16.5. The van der Waals surface area contributed by atoms with Gasteiger partial charge in [-0.05, 0) is 44.2 Å². The maximum absolute atomic E-state index is 13.4. The summed E-state index contributed by atoms with van der Waals surface area (Å²) in [5, 5.41) is 0.785. The van der Waals surface area contributed by atoms with E-state index in [-0.39, 0.29) is 12.0 Å². The van der Waals surface area contributed by atoms with Crippen molar-refractivity contribution in [2.24, 2.45) is 5.92 Å². The lowest BCUT2D eigenvalue weighted by Gasteiger charge is -2.39. The minimum atomic E-state index is -3.59. The molecule has 1 atom stereocenters. The lowest BCUT2D eigenvalue weighted by Crippen LogP contribution is -2.46. The third-order valence-electron chi connectivity index (χ3n) is 4.36. The molecule has 0 amide bonds. The molecular formula is C17H22N2O2S2. The van der Waals surface area contributed by atoms with E-state index in [2.05, 4.69) is 18.8 Å². The van der Waals surface area contributed by atoms with E-state index in [0.717, 1.165) is 29.1 Å². The maximum Gasteiger partial charge on any atom is 0.275 e. The molecule has 4 nitrogen and oxygen atoms in total. The molecule has 0 bridgehead atoms. The Morgan fingerprint density at radius 2 is 1.96 bits per heavy atom. The van der Waals surface area contributed by atoms with Crippen LogP contribution >= 0.6 is 11.3 Å². The van der Waals surface area contributed by atoms with Gasteiger partial charge < -0.3 is 0 Å². The van der Waals surface area contributed by atoms with Gasteiger partial charge in [-0.25, -0.2) is 13.4 Å². The second-order valence-electron chi connectivity index (χ2n) is 6.39. The van der Waals surface area contributed by atoms with Gasteiger partial charge in [-0.15, -0.1) is 11.3 Å². The molecule has 0 spiro atoms. The van der Waals surface area contributed by atoms with Gasteiger partial charge in [0.25, 0.3) is 10.0 Å². The largest absolute Gasteiger partial charge is 0.275 e. The lowest BCUT2D eigenvalue weighted by molar-refractivity contribution is 0.446. The van der Waals surface area contributed by atoms with Crippen LogP contribution in [0, 0.1) is 19.8 Å². The average Bonchev–Trinajstić information content (AvgIpc) is 2.85. The van der Waals surface area contributed by atoms with E-state index in [1.54, 1.807) is 11.2 Å². The molecule has 1 aromatic carbocycles. The average molecular weight is 351 g/mol. The van der Waals surface area contributed by atoms with Crippen molar-refractivity contribution in [1.29, 1.82) is 0 Å². The van der Waals surface area contributed by atoms with Gasteiger partial charge >= 0.3 is 0 Å². The molecule has 0 fully saturated rings. The molecule has 1 aliphatic heterocycles. The van der Waals surface area contributed by atoms with E-state index in [1.165, 1.54) is 11.3 Å². The van der Waals surface area contributed by atoms with Crippen molar-refractivity contribution >= 4 is 27.0 Å². The van der Waals surface area contributed by atoms with Crippen molar-refractivity contribution in [2.75, 3.05) is 4.31 Å². The molecular weight excluding hydrogens is 328 g/mol. The number of para-hydroxylation sites is 1. The number of rotatable bonds is 3. The second-order valence-corrected chi connectivity index (χ2v) is 9.60. The highest BCUT2D eigenvalue weighted by atomic mass is 32.2. The SMILES string of the molecule is Cc1nc(C)c(S(=O)(=O)N2c3ccccc3CC[C@H]2C(C)C)s1. The molecule has 2 heterocycles. The predicted octanol–water partition coefficient (Wildman–Crippen LogP) is 3.93. The molecule has 0 saturated carbocycles. The Kier molecular flexibility index (Phi) is 4.23. The van der Waals surface area contributed by atoms with E-state index in [4.69, 9.17) is 0 Å². The zero-order valence-electron chi connectivity index (χ0n) is 13.9. The van der Waals surface area contributed by atoms with Gasteiger partial charge in [0.1, 0.15) is 0 Å². The Balaban J connectivity index is 2.19. The quantitative estimate of drug-likeness (QED) is 0.843. The number of anilines is 1. The van der Waals surface area contributed by atoms with Gasteiger partial charge in [-0.1, -0.05) is 32.0 Å². The topological polar surface area (TPSA) is 50.3 Å². The van der Waals surface area contributed by atoms with E-state index < -0.39 is 10.0 Å². The van der Waals surface area contributed by atoms with Crippen molar-refractivity contribution in [3.8, 4) is 0 Å². The van der Waals surface area contributed by atoms with Crippen LogP contribution in [0.4, 0.5) is 5.69 Å². The fourth-order valence-corrected chi connectivity index (χ4v) is 6.70. The van der Waals surface area contributed by atoms with Gasteiger partial charge in [0, 0.05) is 6.04 Å². The molecule has 1 aromatic heterocycles. The van der Waals surface area contributed by atoms with Gasteiger partial charge in [-0.2, -0.15) is 0 Å². The number of aromatic nitrogens is 1. The molecule has 3 rings (SSSR count). The summed E-state index contributed by atoms with van der Waals surface area (Å²) in [5.74, 6) is 0.257. The standard InChI is InChI=1S/C17H22N2O2S2/c1-11(2)15-10-9-14-7-5-6-8-16(14)19(15)23(20,21)17-12(3)18-13(4)22-17/h5-8,11,15H,9-10H2,1-4H3/t15-/m0/s1. The summed E-state index contributed by atoms with van der Waals surface area (Å²) in [6, 6.07) is 7.82. The van der Waals surface area contributed by atoms with Crippen LogP contribution in [0.15, 0.2) is 28.5 Å². The number of fused-ring (bicyclic) bond motifs is 1. The summed E-state index contributed by atoms with van der Waals surface area (Å²) >= 11 is 1.26. The van der Waals surface area contributed by atoms with E-state index in [1.807, 2.05) is 31.2 Å². The van der Waals surface area contributed by atoms with Crippen LogP contribution < -0.4 is 4.31 Å². The molecule has 1 aliphatic rings. The molecule has 23 heavy (non-hydrogen) atoms. The zero-order chi connectivity index (χ0) is 16.8. The van der Waals surface area contributed by atoms with Gasteiger partial charge in [0.2, 0.25) is 0 Å². The van der Waals surface area contributed by atoms with Gasteiger partial charge in [-0.3, -0.25) is 4.31 Å². The van der Waals surface area contributed by atoms with Crippen LogP contribution in [0.1, 0.15) is 36.5 Å². The smallest absolute Gasteiger partial charge is 0.262 e. The fraction of sp³-hybridized carbons (Fsp3) is 0.471. The van der Waals surface area contributed by atoms with E-state index in [9.17, 15) is 8.42 Å².